The van der Waals surface area contributed by atoms with Crippen molar-refractivity contribution in [1.82, 2.24) is 0 Å². The molecule has 4 heteroatoms. The molecule has 0 amide bonds. The van der Waals surface area contributed by atoms with Gasteiger partial charge in [0.2, 0.25) is 11.6 Å². The molecule has 132 valence electrons. The number of hydrogen-bond donors (Lipinski definition) is 0. The molecule has 1 fully saturated rings. The molecule has 24 heavy (non-hydrogen) atoms. The van der Waals surface area contributed by atoms with E-state index in [4.69, 9.17) is 9.47 Å². The first-order valence-corrected chi connectivity index (χ1v) is 9.08. The van der Waals surface area contributed by atoms with Crippen LogP contribution in [-0.2, 0) is 0 Å². The van der Waals surface area contributed by atoms with Gasteiger partial charge < -0.3 is 9.47 Å². The van der Waals surface area contributed by atoms with Crippen LogP contribution in [0.3, 0.4) is 0 Å². The van der Waals surface area contributed by atoms with E-state index in [1.165, 1.54) is 31.4 Å². The maximum atomic E-state index is 14.1. The number of halogens is 2. The number of rotatable bonds is 7. The van der Waals surface area contributed by atoms with Crippen LogP contribution >= 0.6 is 0 Å². The molecule has 1 saturated carbocycles. The van der Waals surface area contributed by atoms with Crippen molar-refractivity contribution in [3.05, 3.63) is 35.4 Å². The molecule has 1 aromatic rings. The topological polar surface area (TPSA) is 18.5 Å². The average molecular weight is 336 g/mol. The Labute approximate surface area is 142 Å². The Morgan fingerprint density at radius 2 is 1.75 bits per heavy atom. The van der Waals surface area contributed by atoms with Crippen LogP contribution in [0.25, 0.3) is 0 Å². The minimum atomic E-state index is -0.966. The van der Waals surface area contributed by atoms with Crippen molar-refractivity contribution in [2.24, 2.45) is 17.8 Å². The lowest BCUT2D eigenvalue weighted by atomic mass is 9.88. The summed E-state index contributed by atoms with van der Waals surface area (Å²) in [6, 6.07) is 2.90. The van der Waals surface area contributed by atoms with Crippen molar-refractivity contribution in [3.63, 3.8) is 0 Å². The molecule has 3 rings (SSSR count). The fourth-order valence-corrected chi connectivity index (χ4v) is 4.28. The van der Waals surface area contributed by atoms with Crippen molar-refractivity contribution < 1.29 is 18.3 Å². The van der Waals surface area contributed by atoms with Crippen molar-refractivity contribution >= 4 is 0 Å². The Kier molecular flexibility index (Phi) is 5.42. The highest BCUT2D eigenvalue weighted by Gasteiger charge is 2.40. The van der Waals surface area contributed by atoms with Gasteiger partial charge in [0.15, 0.2) is 11.5 Å². The Bertz CT molecular complexity index is 612. The molecule has 0 N–H and O–H groups in total. The van der Waals surface area contributed by atoms with E-state index in [9.17, 15) is 8.78 Å². The second-order valence-electron chi connectivity index (χ2n) is 6.81. The smallest absolute Gasteiger partial charge is 0.204 e. The number of ether oxygens (including phenoxy) is 2. The zero-order chi connectivity index (χ0) is 17.1. The van der Waals surface area contributed by atoms with E-state index in [1.54, 1.807) is 12.5 Å². The molecule has 0 aromatic heterocycles. The van der Waals surface area contributed by atoms with Gasteiger partial charge in [-0.05, 0) is 62.5 Å². The molecular weight excluding hydrogens is 310 g/mol. The number of allylic oxidation sites excluding steroid dienone is 2. The van der Waals surface area contributed by atoms with Gasteiger partial charge in [-0.2, -0.15) is 8.78 Å². The third-order valence-corrected chi connectivity index (χ3v) is 5.40. The molecule has 2 aliphatic rings. The molecule has 0 saturated heterocycles. The summed E-state index contributed by atoms with van der Waals surface area (Å²) in [4.78, 5) is 0. The maximum absolute atomic E-state index is 14.1. The van der Waals surface area contributed by atoms with Gasteiger partial charge in [0.05, 0.1) is 13.2 Å². The fraction of sp³-hybridized carbons (Fsp3) is 0.600. The van der Waals surface area contributed by atoms with Crippen LogP contribution in [0.2, 0.25) is 0 Å². The van der Waals surface area contributed by atoms with E-state index < -0.39 is 11.6 Å². The Hall–Kier alpha value is -1.58. The SMILES string of the molecule is CCCC1=CCC2C(COc3ccc(OCC)c(F)c3F)CCC12. The largest absolute Gasteiger partial charge is 0.491 e. The molecule has 0 spiro atoms. The summed E-state index contributed by atoms with van der Waals surface area (Å²) in [6.45, 7) is 4.71. The van der Waals surface area contributed by atoms with E-state index >= 15 is 0 Å². The molecular formula is C20H26F2O2. The number of hydrogen-bond acceptors (Lipinski definition) is 2. The summed E-state index contributed by atoms with van der Waals surface area (Å²) in [5.41, 5.74) is 1.60. The van der Waals surface area contributed by atoms with Gasteiger partial charge in [0.25, 0.3) is 0 Å². The Balaban J connectivity index is 1.60. The van der Waals surface area contributed by atoms with Crippen molar-refractivity contribution in [2.75, 3.05) is 13.2 Å². The van der Waals surface area contributed by atoms with Crippen LogP contribution in [0.5, 0.6) is 11.5 Å². The molecule has 1 aromatic carbocycles. The summed E-state index contributed by atoms with van der Waals surface area (Å²) in [5, 5.41) is 0. The standard InChI is InChI=1S/C20H26F2O2/c1-3-5-13-6-8-16-14(7-9-15(13)16)12-24-18-11-10-17(23-4-2)19(21)20(18)22/h6,10-11,14-16H,3-5,7-9,12H2,1-2H3. The molecule has 0 heterocycles. The van der Waals surface area contributed by atoms with Gasteiger partial charge in [0.1, 0.15) is 0 Å². The summed E-state index contributed by atoms with van der Waals surface area (Å²) >= 11 is 0. The van der Waals surface area contributed by atoms with E-state index in [0.717, 1.165) is 12.8 Å². The summed E-state index contributed by atoms with van der Waals surface area (Å²) < 4.78 is 38.7. The molecule has 0 bridgehead atoms. The highest BCUT2D eigenvalue weighted by molar-refractivity contribution is 5.35. The zero-order valence-corrected chi connectivity index (χ0v) is 14.5. The Morgan fingerprint density at radius 1 is 1.04 bits per heavy atom. The van der Waals surface area contributed by atoms with Crippen LogP contribution in [0.15, 0.2) is 23.8 Å². The van der Waals surface area contributed by atoms with E-state index in [-0.39, 0.29) is 11.5 Å². The van der Waals surface area contributed by atoms with Gasteiger partial charge in [0, 0.05) is 0 Å². The van der Waals surface area contributed by atoms with E-state index in [1.807, 2.05) is 0 Å². The third-order valence-electron chi connectivity index (χ3n) is 5.40. The lowest BCUT2D eigenvalue weighted by Crippen LogP contribution is -2.19. The normalized spacial score (nSPS) is 25.5. The van der Waals surface area contributed by atoms with Crippen LogP contribution in [0.4, 0.5) is 8.78 Å². The predicted molar refractivity (Wildman–Crippen MR) is 90.3 cm³/mol. The molecule has 0 radical (unpaired) electrons. The molecule has 2 aliphatic carbocycles. The first-order chi connectivity index (χ1) is 11.7. The van der Waals surface area contributed by atoms with Crippen LogP contribution in [0, 0.1) is 29.4 Å². The molecule has 2 nitrogen and oxygen atoms in total. The predicted octanol–water partition coefficient (Wildman–Crippen LogP) is 5.51. The fourth-order valence-electron chi connectivity index (χ4n) is 4.28. The maximum Gasteiger partial charge on any atom is 0.204 e. The average Bonchev–Trinajstić information content (AvgIpc) is 3.15. The zero-order valence-electron chi connectivity index (χ0n) is 14.5. The number of fused-ring (bicyclic) bond motifs is 1. The van der Waals surface area contributed by atoms with Gasteiger partial charge in [-0.3, -0.25) is 0 Å². The van der Waals surface area contributed by atoms with Crippen LogP contribution in [0.1, 0.15) is 46.0 Å². The monoisotopic (exact) mass is 336 g/mol. The first kappa shape index (κ1) is 17.2. The van der Waals surface area contributed by atoms with Crippen LogP contribution in [-0.4, -0.2) is 13.2 Å². The van der Waals surface area contributed by atoms with Crippen molar-refractivity contribution in [1.29, 1.82) is 0 Å². The first-order valence-electron chi connectivity index (χ1n) is 9.08. The summed E-state index contributed by atoms with van der Waals surface area (Å²) in [5.74, 6) is -0.276. The lowest BCUT2D eigenvalue weighted by Gasteiger charge is -2.20. The lowest BCUT2D eigenvalue weighted by molar-refractivity contribution is 0.199. The van der Waals surface area contributed by atoms with Crippen molar-refractivity contribution in [2.45, 2.75) is 46.0 Å². The third kappa shape index (κ3) is 3.28. The minimum Gasteiger partial charge on any atom is -0.491 e. The van der Waals surface area contributed by atoms with Gasteiger partial charge >= 0.3 is 0 Å². The second-order valence-corrected chi connectivity index (χ2v) is 6.81. The highest BCUT2D eigenvalue weighted by atomic mass is 19.2. The quantitative estimate of drug-likeness (QED) is 0.611. The van der Waals surface area contributed by atoms with Crippen molar-refractivity contribution in [3.8, 4) is 11.5 Å². The van der Waals surface area contributed by atoms with Gasteiger partial charge in [-0.25, -0.2) is 0 Å². The number of benzene rings is 1. The molecule has 3 unspecified atom stereocenters. The van der Waals surface area contributed by atoms with Crippen LogP contribution < -0.4 is 9.47 Å². The molecule has 3 atom stereocenters. The summed E-state index contributed by atoms with van der Waals surface area (Å²) in [6.07, 6.45) is 8.18. The van der Waals surface area contributed by atoms with Gasteiger partial charge in [-0.15, -0.1) is 0 Å². The van der Waals surface area contributed by atoms with Gasteiger partial charge in [-0.1, -0.05) is 25.0 Å². The molecule has 0 aliphatic heterocycles. The second kappa shape index (κ2) is 7.54. The Morgan fingerprint density at radius 3 is 2.42 bits per heavy atom. The van der Waals surface area contributed by atoms with E-state index in [0.29, 0.717) is 31.0 Å². The van der Waals surface area contributed by atoms with E-state index in [2.05, 4.69) is 13.0 Å². The highest BCUT2D eigenvalue weighted by Crippen LogP contribution is 2.49. The summed E-state index contributed by atoms with van der Waals surface area (Å²) in [7, 11) is 0. The minimum absolute atomic E-state index is 0.0147.